The zero-order valence-electron chi connectivity index (χ0n) is 6.75. The van der Waals surface area contributed by atoms with E-state index in [9.17, 15) is 9.18 Å². The number of benzene rings is 1. The Morgan fingerprint density at radius 2 is 2.38 bits per heavy atom. The normalized spacial score (nSPS) is 18.7. The maximum atomic E-state index is 12.7. The Kier molecular flexibility index (Phi) is 1.69. The Bertz CT molecular complexity index is 365. The van der Waals surface area contributed by atoms with E-state index in [2.05, 4.69) is 5.32 Å². The van der Waals surface area contributed by atoms with Crippen molar-refractivity contribution in [3.05, 3.63) is 35.1 Å². The molecule has 4 heteroatoms. The van der Waals surface area contributed by atoms with E-state index in [1.807, 2.05) is 0 Å². The van der Waals surface area contributed by atoms with E-state index in [4.69, 9.17) is 5.11 Å². The molecular weight excluding hydrogens is 173 g/mol. The second-order valence-corrected chi connectivity index (χ2v) is 3.05. The van der Waals surface area contributed by atoms with Crippen molar-refractivity contribution in [1.29, 1.82) is 0 Å². The third kappa shape index (κ3) is 1.35. The van der Waals surface area contributed by atoms with Crippen LogP contribution in [0.4, 0.5) is 9.18 Å². The number of nitrogens with one attached hydrogen (secondary N) is 1. The smallest absolute Gasteiger partial charge is 0.405 e. The first kappa shape index (κ1) is 8.04. The molecule has 0 heterocycles. The van der Waals surface area contributed by atoms with Crippen molar-refractivity contribution < 1.29 is 14.3 Å². The number of amides is 1. The van der Waals surface area contributed by atoms with Crippen LogP contribution >= 0.6 is 0 Å². The third-order valence-electron chi connectivity index (χ3n) is 2.21. The van der Waals surface area contributed by atoms with Crippen LogP contribution in [-0.2, 0) is 6.42 Å². The SMILES string of the molecule is O=C(O)NC1Cc2ccc(F)cc21. The van der Waals surface area contributed by atoms with Gasteiger partial charge in [0.05, 0.1) is 6.04 Å². The lowest BCUT2D eigenvalue weighted by atomic mass is 9.83. The Hall–Kier alpha value is -1.58. The Morgan fingerprint density at radius 3 is 3.08 bits per heavy atom. The summed E-state index contributed by atoms with van der Waals surface area (Å²) in [7, 11) is 0. The molecule has 1 unspecified atom stereocenters. The fraction of sp³-hybridized carbons (Fsp3) is 0.222. The van der Waals surface area contributed by atoms with Crippen molar-refractivity contribution in [2.75, 3.05) is 0 Å². The van der Waals surface area contributed by atoms with E-state index >= 15 is 0 Å². The van der Waals surface area contributed by atoms with Gasteiger partial charge in [-0.15, -0.1) is 0 Å². The number of halogens is 1. The number of fused-ring (bicyclic) bond motifs is 1. The van der Waals surface area contributed by atoms with Crippen LogP contribution in [0.5, 0.6) is 0 Å². The highest BCUT2D eigenvalue weighted by Gasteiger charge is 2.27. The zero-order valence-corrected chi connectivity index (χ0v) is 6.75. The fourth-order valence-electron chi connectivity index (χ4n) is 1.55. The summed E-state index contributed by atoms with van der Waals surface area (Å²) in [6, 6.07) is 4.21. The molecule has 0 radical (unpaired) electrons. The number of hydrogen-bond acceptors (Lipinski definition) is 1. The summed E-state index contributed by atoms with van der Waals surface area (Å²) in [6.07, 6.45) is -0.415. The van der Waals surface area contributed by atoms with Gasteiger partial charge in [-0.2, -0.15) is 0 Å². The molecular formula is C9H8FNO2. The molecule has 0 aliphatic heterocycles. The summed E-state index contributed by atoms with van der Waals surface area (Å²) in [5, 5.41) is 10.8. The molecule has 1 amide bonds. The summed E-state index contributed by atoms with van der Waals surface area (Å²) < 4.78 is 12.7. The van der Waals surface area contributed by atoms with Crippen molar-refractivity contribution in [1.82, 2.24) is 5.32 Å². The molecule has 13 heavy (non-hydrogen) atoms. The highest BCUT2D eigenvalue weighted by molar-refractivity contribution is 5.66. The van der Waals surface area contributed by atoms with Gasteiger partial charge >= 0.3 is 6.09 Å². The Balaban J connectivity index is 2.20. The molecule has 1 aromatic carbocycles. The first-order valence-electron chi connectivity index (χ1n) is 3.94. The Morgan fingerprint density at radius 1 is 1.62 bits per heavy atom. The zero-order chi connectivity index (χ0) is 9.42. The van der Waals surface area contributed by atoms with Crippen LogP contribution in [0.25, 0.3) is 0 Å². The van der Waals surface area contributed by atoms with Crippen molar-refractivity contribution in [3.63, 3.8) is 0 Å². The van der Waals surface area contributed by atoms with Crippen molar-refractivity contribution in [2.24, 2.45) is 0 Å². The van der Waals surface area contributed by atoms with Crippen LogP contribution in [0.15, 0.2) is 18.2 Å². The minimum absolute atomic E-state index is 0.233. The quantitative estimate of drug-likeness (QED) is 0.692. The largest absolute Gasteiger partial charge is 0.465 e. The van der Waals surface area contributed by atoms with E-state index in [0.29, 0.717) is 6.42 Å². The number of hydrogen-bond donors (Lipinski definition) is 2. The second kappa shape index (κ2) is 2.73. The average Bonchev–Trinajstić information content (AvgIpc) is 2.04. The van der Waals surface area contributed by atoms with Crippen LogP contribution in [-0.4, -0.2) is 11.2 Å². The topological polar surface area (TPSA) is 49.3 Å². The van der Waals surface area contributed by atoms with E-state index in [0.717, 1.165) is 11.1 Å². The molecule has 0 fully saturated rings. The fourth-order valence-corrected chi connectivity index (χ4v) is 1.55. The summed E-state index contributed by atoms with van der Waals surface area (Å²) in [6.45, 7) is 0. The number of carboxylic acid groups (broad SMARTS) is 1. The van der Waals surface area contributed by atoms with Gasteiger partial charge < -0.3 is 10.4 Å². The molecule has 1 aliphatic carbocycles. The van der Waals surface area contributed by atoms with Gasteiger partial charge in [0.25, 0.3) is 0 Å². The molecule has 0 aromatic heterocycles. The van der Waals surface area contributed by atoms with Crippen LogP contribution in [0, 0.1) is 5.82 Å². The molecule has 0 bridgehead atoms. The molecule has 1 atom stereocenters. The summed E-state index contributed by atoms with van der Waals surface area (Å²) in [5.74, 6) is -0.323. The van der Waals surface area contributed by atoms with Gasteiger partial charge in [0, 0.05) is 0 Å². The molecule has 3 nitrogen and oxygen atoms in total. The van der Waals surface area contributed by atoms with Crippen molar-refractivity contribution in [2.45, 2.75) is 12.5 Å². The van der Waals surface area contributed by atoms with Crippen LogP contribution < -0.4 is 5.32 Å². The predicted molar refractivity (Wildman–Crippen MR) is 44.0 cm³/mol. The molecule has 2 rings (SSSR count). The lowest BCUT2D eigenvalue weighted by Crippen LogP contribution is -2.34. The monoisotopic (exact) mass is 181 g/mol. The lowest BCUT2D eigenvalue weighted by molar-refractivity contribution is 0.188. The molecule has 0 saturated heterocycles. The number of rotatable bonds is 1. The van der Waals surface area contributed by atoms with Gasteiger partial charge in [0.15, 0.2) is 0 Å². The molecule has 1 aliphatic rings. The Labute approximate surface area is 74.2 Å². The molecule has 2 N–H and O–H groups in total. The first-order valence-corrected chi connectivity index (χ1v) is 3.94. The first-order chi connectivity index (χ1) is 6.16. The van der Waals surface area contributed by atoms with Gasteiger partial charge in [-0.05, 0) is 29.7 Å². The van der Waals surface area contributed by atoms with Crippen LogP contribution in [0.1, 0.15) is 17.2 Å². The maximum absolute atomic E-state index is 12.7. The molecule has 1 aromatic rings. The summed E-state index contributed by atoms with van der Waals surface area (Å²) in [4.78, 5) is 10.3. The lowest BCUT2D eigenvalue weighted by Gasteiger charge is -2.29. The maximum Gasteiger partial charge on any atom is 0.405 e. The van der Waals surface area contributed by atoms with E-state index < -0.39 is 6.09 Å². The minimum Gasteiger partial charge on any atom is -0.465 e. The van der Waals surface area contributed by atoms with Gasteiger partial charge in [-0.1, -0.05) is 6.07 Å². The number of carbonyl (C=O) groups is 1. The highest BCUT2D eigenvalue weighted by atomic mass is 19.1. The standard InChI is InChI=1S/C9H8FNO2/c10-6-2-1-5-3-8(7(5)4-6)11-9(12)13/h1-2,4,8,11H,3H2,(H,12,13). The molecule has 68 valence electrons. The predicted octanol–water partition coefficient (Wildman–Crippen LogP) is 1.69. The van der Waals surface area contributed by atoms with Crippen LogP contribution in [0.3, 0.4) is 0 Å². The van der Waals surface area contributed by atoms with Gasteiger partial charge in [0.1, 0.15) is 5.82 Å². The van der Waals surface area contributed by atoms with E-state index in [-0.39, 0.29) is 11.9 Å². The van der Waals surface area contributed by atoms with Gasteiger partial charge in [-0.25, -0.2) is 9.18 Å². The van der Waals surface area contributed by atoms with E-state index in [1.54, 1.807) is 6.07 Å². The highest BCUT2D eigenvalue weighted by Crippen LogP contribution is 2.33. The van der Waals surface area contributed by atoms with Crippen molar-refractivity contribution in [3.8, 4) is 0 Å². The van der Waals surface area contributed by atoms with E-state index in [1.165, 1.54) is 12.1 Å². The molecule has 0 spiro atoms. The average molecular weight is 181 g/mol. The summed E-state index contributed by atoms with van der Waals surface area (Å²) in [5.41, 5.74) is 1.77. The third-order valence-corrected chi connectivity index (χ3v) is 2.21. The van der Waals surface area contributed by atoms with Crippen LogP contribution in [0.2, 0.25) is 0 Å². The van der Waals surface area contributed by atoms with Gasteiger partial charge in [-0.3, -0.25) is 0 Å². The second-order valence-electron chi connectivity index (χ2n) is 3.05. The molecule has 0 saturated carbocycles. The minimum atomic E-state index is -1.07. The van der Waals surface area contributed by atoms with Crippen molar-refractivity contribution >= 4 is 6.09 Å². The summed E-state index contributed by atoms with van der Waals surface area (Å²) >= 11 is 0. The van der Waals surface area contributed by atoms with Gasteiger partial charge in [0.2, 0.25) is 0 Å².